The fourth-order valence-corrected chi connectivity index (χ4v) is 3.34. The van der Waals surface area contributed by atoms with Gasteiger partial charge in [0, 0.05) is 30.5 Å². The van der Waals surface area contributed by atoms with Gasteiger partial charge in [0.2, 0.25) is 11.8 Å². The number of aromatic amines is 1. The van der Waals surface area contributed by atoms with E-state index in [9.17, 15) is 9.59 Å². The van der Waals surface area contributed by atoms with E-state index < -0.39 is 0 Å². The zero-order valence-electron chi connectivity index (χ0n) is 14.5. The molecule has 0 spiro atoms. The molecule has 132 valence electrons. The van der Waals surface area contributed by atoms with Crippen LogP contribution in [0.5, 0.6) is 0 Å². The maximum atomic E-state index is 12.2. The standard InChI is InChI=1S/C19H24N4O2/c1-2-19(11-9-17(25)22-19)10-8-16(24)20-12-15-13-21-23-18(15)14-6-4-3-5-7-14/h3-7,13H,2,8-12H2,1H3,(H,20,24)(H,21,23)(H,22,25)/t19-/m1/s1. The summed E-state index contributed by atoms with van der Waals surface area (Å²) in [4.78, 5) is 23.7. The second-order valence-corrected chi connectivity index (χ2v) is 6.60. The monoisotopic (exact) mass is 340 g/mol. The third-order valence-corrected chi connectivity index (χ3v) is 5.00. The number of nitrogens with one attached hydrogen (secondary N) is 3. The predicted molar refractivity (Wildman–Crippen MR) is 95.5 cm³/mol. The van der Waals surface area contributed by atoms with Crippen molar-refractivity contribution in [3.8, 4) is 11.3 Å². The molecule has 3 rings (SSSR count). The van der Waals surface area contributed by atoms with Crippen LogP contribution >= 0.6 is 0 Å². The molecule has 1 atom stereocenters. The molecule has 2 aromatic rings. The van der Waals surface area contributed by atoms with E-state index in [0.717, 1.165) is 29.7 Å². The number of benzene rings is 1. The molecule has 1 aromatic heterocycles. The Kier molecular flexibility index (Phi) is 5.16. The minimum absolute atomic E-state index is 0.00538. The van der Waals surface area contributed by atoms with Gasteiger partial charge in [0.25, 0.3) is 0 Å². The van der Waals surface area contributed by atoms with Crippen LogP contribution in [0.4, 0.5) is 0 Å². The van der Waals surface area contributed by atoms with Gasteiger partial charge in [-0.3, -0.25) is 14.7 Å². The average Bonchev–Trinajstić information content (AvgIpc) is 3.26. The second-order valence-electron chi connectivity index (χ2n) is 6.60. The zero-order chi connectivity index (χ0) is 17.7. The average molecular weight is 340 g/mol. The topological polar surface area (TPSA) is 86.9 Å². The lowest BCUT2D eigenvalue weighted by Gasteiger charge is -2.27. The molecule has 1 aromatic carbocycles. The molecule has 6 nitrogen and oxygen atoms in total. The molecule has 1 saturated heterocycles. The fraction of sp³-hybridized carbons (Fsp3) is 0.421. The highest BCUT2D eigenvalue weighted by atomic mass is 16.2. The molecule has 25 heavy (non-hydrogen) atoms. The summed E-state index contributed by atoms with van der Waals surface area (Å²) in [7, 11) is 0. The Morgan fingerprint density at radius 1 is 1.32 bits per heavy atom. The maximum Gasteiger partial charge on any atom is 0.220 e. The zero-order valence-corrected chi connectivity index (χ0v) is 14.5. The first-order valence-corrected chi connectivity index (χ1v) is 8.77. The van der Waals surface area contributed by atoms with Crippen LogP contribution in [-0.4, -0.2) is 27.6 Å². The van der Waals surface area contributed by atoms with Gasteiger partial charge in [-0.25, -0.2) is 0 Å². The third kappa shape index (κ3) is 4.07. The van der Waals surface area contributed by atoms with E-state index in [1.807, 2.05) is 30.3 Å². The van der Waals surface area contributed by atoms with Crippen molar-refractivity contribution in [2.75, 3.05) is 0 Å². The molecule has 0 unspecified atom stereocenters. The first kappa shape index (κ1) is 17.2. The van der Waals surface area contributed by atoms with Crippen LogP contribution in [0, 0.1) is 0 Å². The number of aromatic nitrogens is 2. The van der Waals surface area contributed by atoms with E-state index >= 15 is 0 Å². The summed E-state index contributed by atoms with van der Waals surface area (Å²) in [5.74, 6) is 0.0855. The minimum atomic E-state index is -0.209. The Balaban J connectivity index is 1.53. The molecular weight excluding hydrogens is 316 g/mol. The number of carbonyl (C=O) groups excluding carboxylic acids is 2. The van der Waals surface area contributed by atoms with Crippen molar-refractivity contribution in [3.05, 3.63) is 42.1 Å². The van der Waals surface area contributed by atoms with Crippen LogP contribution in [-0.2, 0) is 16.1 Å². The van der Waals surface area contributed by atoms with Crippen molar-refractivity contribution in [2.45, 2.75) is 51.1 Å². The summed E-state index contributed by atoms with van der Waals surface area (Å²) in [5.41, 5.74) is 2.72. The Morgan fingerprint density at radius 2 is 2.12 bits per heavy atom. The smallest absolute Gasteiger partial charge is 0.220 e. The van der Waals surface area contributed by atoms with Crippen LogP contribution in [0.15, 0.2) is 36.5 Å². The summed E-state index contributed by atoms with van der Waals surface area (Å²) >= 11 is 0. The number of carbonyl (C=O) groups is 2. The van der Waals surface area contributed by atoms with Crippen LogP contribution in [0.2, 0.25) is 0 Å². The highest BCUT2D eigenvalue weighted by molar-refractivity contribution is 5.80. The van der Waals surface area contributed by atoms with Crippen molar-refractivity contribution in [1.82, 2.24) is 20.8 Å². The van der Waals surface area contributed by atoms with Crippen molar-refractivity contribution < 1.29 is 9.59 Å². The van der Waals surface area contributed by atoms with Crippen molar-refractivity contribution in [3.63, 3.8) is 0 Å². The first-order valence-electron chi connectivity index (χ1n) is 8.77. The van der Waals surface area contributed by atoms with E-state index in [0.29, 0.717) is 25.8 Å². The molecule has 0 bridgehead atoms. The summed E-state index contributed by atoms with van der Waals surface area (Å²) in [6, 6.07) is 9.92. The van der Waals surface area contributed by atoms with Crippen molar-refractivity contribution >= 4 is 11.8 Å². The summed E-state index contributed by atoms with van der Waals surface area (Å²) in [6.45, 7) is 2.49. The molecule has 0 radical (unpaired) electrons. The number of hydrogen-bond donors (Lipinski definition) is 3. The molecule has 1 aliphatic rings. The number of hydrogen-bond acceptors (Lipinski definition) is 3. The normalized spacial score (nSPS) is 19.6. The minimum Gasteiger partial charge on any atom is -0.352 e. The Bertz CT molecular complexity index is 741. The molecular formula is C19H24N4O2. The lowest BCUT2D eigenvalue weighted by atomic mass is 9.89. The number of nitrogens with zero attached hydrogens (tertiary/aromatic N) is 1. The Labute approximate surface area is 147 Å². The van der Waals surface area contributed by atoms with Crippen LogP contribution < -0.4 is 10.6 Å². The van der Waals surface area contributed by atoms with Crippen LogP contribution in [0.25, 0.3) is 11.3 Å². The molecule has 1 aliphatic heterocycles. The van der Waals surface area contributed by atoms with E-state index in [4.69, 9.17) is 0 Å². The van der Waals surface area contributed by atoms with Gasteiger partial charge in [0.1, 0.15) is 0 Å². The molecule has 1 fully saturated rings. The highest BCUT2D eigenvalue weighted by Gasteiger charge is 2.35. The number of amides is 2. The van der Waals surface area contributed by atoms with E-state index in [1.54, 1.807) is 6.20 Å². The Hall–Kier alpha value is -2.63. The van der Waals surface area contributed by atoms with E-state index in [-0.39, 0.29) is 17.4 Å². The van der Waals surface area contributed by atoms with Gasteiger partial charge in [0.05, 0.1) is 11.9 Å². The van der Waals surface area contributed by atoms with Crippen molar-refractivity contribution in [2.24, 2.45) is 0 Å². The van der Waals surface area contributed by atoms with Gasteiger partial charge in [-0.2, -0.15) is 5.10 Å². The third-order valence-electron chi connectivity index (χ3n) is 5.00. The highest BCUT2D eigenvalue weighted by Crippen LogP contribution is 2.28. The molecule has 2 heterocycles. The van der Waals surface area contributed by atoms with Gasteiger partial charge in [-0.1, -0.05) is 37.3 Å². The van der Waals surface area contributed by atoms with E-state index in [1.165, 1.54) is 0 Å². The summed E-state index contributed by atoms with van der Waals surface area (Å²) in [6.07, 6.45) is 5.06. The fourth-order valence-electron chi connectivity index (χ4n) is 3.34. The summed E-state index contributed by atoms with van der Waals surface area (Å²) in [5, 5.41) is 13.1. The van der Waals surface area contributed by atoms with Gasteiger partial charge in [-0.05, 0) is 24.8 Å². The van der Waals surface area contributed by atoms with Crippen LogP contribution in [0.1, 0.15) is 44.6 Å². The lowest BCUT2D eigenvalue weighted by Crippen LogP contribution is -2.42. The van der Waals surface area contributed by atoms with Gasteiger partial charge >= 0.3 is 0 Å². The molecule has 6 heteroatoms. The van der Waals surface area contributed by atoms with E-state index in [2.05, 4.69) is 27.8 Å². The van der Waals surface area contributed by atoms with Gasteiger partial charge in [0.15, 0.2) is 0 Å². The van der Waals surface area contributed by atoms with Gasteiger partial charge in [-0.15, -0.1) is 0 Å². The molecule has 3 N–H and O–H groups in total. The molecule has 0 saturated carbocycles. The SMILES string of the molecule is CC[C@@]1(CCC(=O)NCc2cn[nH]c2-c2ccccc2)CCC(=O)N1. The summed E-state index contributed by atoms with van der Waals surface area (Å²) < 4.78 is 0. The molecule has 0 aliphatic carbocycles. The molecule has 2 amide bonds. The number of rotatable bonds is 7. The quantitative estimate of drug-likeness (QED) is 0.724. The predicted octanol–water partition coefficient (Wildman–Crippen LogP) is 2.53. The van der Waals surface area contributed by atoms with Crippen molar-refractivity contribution in [1.29, 1.82) is 0 Å². The Morgan fingerprint density at radius 3 is 2.80 bits per heavy atom. The second kappa shape index (κ2) is 7.51. The maximum absolute atomic E-state index is 12.2. The largest absolute Gasteiger partial charge is 0.352 e. The first-order chi connectivity index (χ1) is 12.1. The number of H-pyrrole nitrogens is 1. The van der Waals surface area contributed by atoms with Crippen LogP contribution in [0.3, 0.4) is 0 Å². The lowest BCUT2D eigenvalue weighted by molar-refractivity contribution is -0.122. The van der Waals surface area contributed by atoms with Gasteiger partial charge < -0.3 is 10.6 Å².